The Bertz CT molecular complexity index is 502. The van der Waals surface area contributed by atoms with E-state index in [0.29, 0.717) is 19.0 Å². The first kappa shape index (κ1) is 15.5. The van der Waals surface area contributed by atoms with E-state index in [1.807, 2.05) is 13.0 Å². The average molecular weight is 301 g/mol. The van der Waals surface area contributed by atoms with Gasteiger partial charge in [0, 0.05) is 12.6 Å². The van der Waals surface area contributed by atoms with Crippen LogP contribution in [0.2, 0.25) is 0 Å². The zero-order valence-corrected chi connectivity index (χ0v) is 11.7. The van der Waals surface area contributed by atoms with Crippen molar-refractivity contribution in [3.8, 4) is 5.75 Å². The van der Waals surface area contributed by atoms with Crippen molar-refractivity contribution >= 4 is 5.96 Å². The van der Waals surface area contributed by atoms with Crippen LogP contribution in [0.25, 0.3) is 0 Å². The Labute approximate surface area is 121 Å². The van der Waals surface area contributed by atoms with Crippen LogP contribution in [0.1, 0.15) is 12.5 Å². The minimum absolute atomic E-state index is 0.231. The third-order valence-electron chi connectivity index (χ3n) is 2.91. The van der Waals surface area contributed by atoms with Crippen molar-refractivity contribution in [2.75, 3.05) is 19.7 Å². The van der Waals surface area contributed by atoms with Crippen LogP contribution in [0.4, 0.5) is 13.2 Å². The highest BCUT2D eigenvalue weighted by Crippen LogP contribution is 2.19. The standard InChI is InChI=1S/C14H18F3N3O/c1-10-8-19-13(20-10)18-6-5-11-3-2-4-12(7-11)21-9-14(15,16)17/h2-4,7,10H,5-6,8-9H2,1H3,(H2,18,19,20). The molecule has 0 amide bonds. The first-order valence-corrected chi connectivity index (χ1v) is 6.76. The zero-order valence-electron chi connectivity index (χ0n) is 11.7. The van der Waals surface area contributed by atoms with E-state index in [1.54, 1.807) is 12.1 Å². The lowest BCUT2D eigenvalue weighted by Gasteiger charge is -2.11. The third kappa shape index (κ3) is 5.53. The summed E-state index contributed by atoms with van der Waals surface area (Å²) < 4.78 is 41.0. The summed E-state index contributed by atoms with van der Waals surface area (Å²) >= 11 is 0. The number of ether oxygens (including phenoxy) is 1. The summed E-state index contributed by atoms with van der Waals surface area (Å²) in [5, 5.41) is 6.33. The molecule has 7 heteroatoms. The summed E-state index contributed by atoms with van der Waals surface area (Å²) in [6.07, 6.45) is -3.64. The van der Waals surface area contributed by atoms with E-state index in [0.717, 1.165) is 18.1 Å². The smallest absolute Gasteiger partial charge is 0.422 e. The van der Waals surface area contributed by atoms with Gasteiger partial charge in [-0.3, -0.25) is 4.99 Å². The number of rotatable bonds is 5. The van der Waals surface area contributed by atoms with E-state index >= 15 is 0 Å². The van der Waals surface area contributed by atoms with Gasteiger partial charge in [0.25, 0.3) is 0 Å². The molecule has 2 N–H and O–H groups in total. The van der Waals surface area contributed by atoms with Gasteiger partial charge >= 0.3 is 6.18 Å². The third-order valence-corrected chi connectivity index (χ3v) is 2.91. The SMILES string of the molecule is CC1CN=C(NCCc2cccc(OCC(F)(F)F)c2)N1. The maximum absolute atomic E-state index is 12.1. The highest BCUT2D eigenvalue weighted by molar-refractivity contribution is 5.81. The predicted octanol–water partition coefficient (Wildman–Crippen LogP) is 2.11. The number of aliphatic imine (C=N–C) groups is 1. The molecule has 0 fully saturated rings. The van der Waals surface area contributed by atoms with Crippen LogP contribution < -0.4 is 15.4 Å². The Morgan fingerprint density at radius 2 is 2.24 bits per heavy atom. The van der Waals surface area contributed by atoms with E-state index in [9.17, 15) is 13.2 Å². The van der Waals surface area contributed by atoms with Gasteiger partial charge in [-0.2, -0.15) is 13.2 Å². The molecule has 2 rings (SSSR count). The summed E-state index contributed by atoms with van der Waals surface area (Å²) in [6.45, 7) is 2.18. The topological polar surface area (TPSA) is 45.7 Å². The molecule has 1 unspecified atom stereocenters. The Morgan fingerprint density at radius 1 is 1.43 bits per heavy atom. The number of halogens is 3. The molecular weight excluding hydrogens is 283 g/mol. The summed E-state index contributed by atoms with van der Waals surface area (Å²) in [6, 6.07) is 7.03. The van der Waals surface area contributed by atoms with Gasteiger partial charge in [-0.25, -0.2) is 0 Å². The molecular formula is C14H18F3N3O. The summed E-state index contributed by atoms with van der Waals surface area (Å²) in [5.74, 6) is 1.00. The Hall–Kier alpha value is -1.92. The van der Waals surface area contributed by atoms with Gasteiger partial charge in [-0.05, 0) is 31.0 Å². The van der Waals surface area contributed by atoms with E-state index < -0.39 is 12.8 Å². The van der Waals surface area contributed by atoms with Gasteiger partial charge < -0.3 is 15.4 Å². The fourth-order valence-corrected chi connectivity index (χ4v) is 1.94. The second-order valence-electron chi connectivity index (χ2n) is 4.96. The van der Waals surface area contributed by atoms with Gasteiger partial charge in [0.05, 0.1) is 6.54 Å². The maximum atomic E-state index is 12.1. The maximum Gasteiger partial charge on any atom is 0.422 e. The zero-order chi connectivity index (χ0) is 15.3. The molecule has 0 aromatic heterocycles. The predicted molar refractivity (Wildman–Crippen MR) is 74.6 cm³/mol. The molecule has 1 aliphatic rings. The Morgan fingerprint density at radius 3 is 2.90 bits per heavy atom. The van der Waals surface area contributed by atoms with Crippen molar-refractivity contribution in [2.45, 2.75) is 25.6 Å². The molecule has 1 atom stereocenters. The average Bonchev–Trinajstić information content (AvgIpc) is 2.82. The number of alkyl halides is 3. The fourth-order valence-electron chi connectivity index (χ4n) is 1.94. The molecule has 0 aliphatic carbocycles. The molecule has 0 radical (unpaired) electrons. The van der Waals surface area contributed by atoms with Crippen LogP contribution in [0, 0.1) is 0 Å². The fraction of sp³-hybridized carbons (Fsp3) is 0.500. The van der Waals surface area contributed by atoms with Crippen LogP contribution in [-0.4, -0.2) is 37.9 Å². The van der Waals surface area contributed by atoms with E-state index in [-0.39, 0.29) is 5.75 Å². The lowest BCUT2D eigenvalue weighted by atomic mass is 10.1. The highest BCUT2D eigenvalue weighted by atomic mass is 19.4. The second kappa shape index (κ2) is 6.69. The highest BCUT2D eigenvalue weighted by Gasteiger charge is 2.28. The first-order chi connectivity index (χ1) is 9.92. The van der Waals surface area contributed by atoms with Crippen molar-refractivity contribution in [1.29, 1.82) is 0 Å². The van der Waals surface area contributed by atoms with Crippen LogP contribution in [0.5, 0.6) is 5.75 Å². The van der Waals surface area contributed by atoms with Crippen molar-refractivity contribution < 1.29 is 17.9 Å². The van der Waals surface area contributed by atoms with Gasteiger partial charge in [0.15, 0.2) is 12.6 Å². The minimum Gasteiger partial charge on any atom is -0.484 e. The molecule has 1 aromatic rings. The van der Waals surface area contributed by atoms with E-state index in [2.05, 4.69) is 15.6 Å². The van der Waals surface area contributed by atoms with Gasteiger partial charge in [-0.15, -0.1) is 0 Å². The number of guanidine groups is 1. The summed E-state index contributed by atoms with van der Waals surface area (Å²) in [5.41, 5.74) is 0.911. The van der Waals surface area contributed by atoms with E-state index in [1.165, 1.54) is 6.07 Å². The van der Waals surface area contributed by atoms with Gasteiger partial charge in [0.2, 0.25) is 0 Å². The Kier molecular flexibility index (Phi) is 4.93. The Balaban J connectivity index is 1.78. The van der Waals surface area contributed by atoms with Gasteiger partial charge in [-0.1, -0.05) is 12.1 Å². The van der Waals surface area contributed by atoms with Crippen LogP contribution in [-0.2, 0) is 6.42 Å². The quantitative estimate of drug-likeness (QED) is 0.875. The van der Waals surface area contributed by atoms with Crippen LogP contribution in [0.15, 0.2) is 29.3 Å². The van der Waals surface area contributed by atoms with Crippen molar-refractivity contribution in [1.82, 2.24) is 10.6 Å². The summed E-state index contributed by atoms with van der Waals surface area (Å²) in [7, 11) is 0. The molecule has 0 saturated carbocycles. The molecule has 1 aliphatic heterocycles. The minimum atomic E-state index is -4.32. The molecule has 1 heterocycles. The molecule has 21 heavy (non-hydrogen) atoms. The number of nitrogens with one attached hydrogen (secondary N) is 2. The molecule has 4 nitrogen and oxygen atoms in total. The van der Waals surface area contributed by atoms with Crippen molar-refractivity contribution in [2.24, 2.45) is 4.99 Å². The van der Waals surface area contributed by atoms with Gasteiger partial charge in [0.1, 0.15) is 5.75 Å². The number of nitrogens with zero attached hydrogens (tertiary/aromatic N) is 1. The molecule has 116 valence electrons. The lowest BCUT2D eigenvalue weighted by molar-refractivity contribution is -0.153. The van der Waals surface area contributed by atoms with Crippen molar-refractivity contribution in [3.63, 3.8) is 0 Å². The van der Waals surface area contributed by atoms with Crippen LogP contribution >= 0.6 is 0 Å². The molecule has 0 bridgehead atoms. The largest absolute Gasteiger partial charge is 0.484 e. The number of benzene rings is 1. The normalized spacial score (nSPS) is 18.1. The van der Waals surface area contributed by atoms with E-state index in [4.69, 9.17) is 4.74 Å². The monoisotopic (exact) mass is 301 g/mol. The molecule has 0 spiro atoms. The van der Waals surface area contributed by atoms with Crippen LogP contribution in [0.3, 0.4) is 0 Å². The first-order valence-electron chi connectivity index (χ1n) is 6.76. The number of hydrogen-bond acceptors (Lipinski definition) is 4. The second-order valence-corrected chi connectivity index (χ2v) is 4.96. The molecule has 0 saturated heterocycles. The number of hydrogen-bond donors (Lipinski definition) is 2. The van der Waals surface area contributed by atoms with Crippen molar-refractivity contribution in [3.05, 3.63) is 29.8 Å². The molecule has 1 aromatic carbocycles. The summed E-state index contributed by atoms with van der Waals surface area (Å²) in [4.78, 5) is 4.27. The lowest BCUT2D eigenvalue weighted by Crippen LogP contribution is -2.38.